The number of rotatable bonds is 7. The Hall–Kier alpha value is -3.86. The van der Waals surface area contributed by atoms with Gasteiger partial charge in [0.2, 0.25) is 5.78 Å². The van der Waals surface area contributed by atoms with Crippen LogP contribution in [0.1, 0.15) is 16.1 Å². The number of pyridine rings is 1. The van der Waals surface area contributed by atoms with Crippen LogP contribution in [-0.2, 0) is 16.0 Å². The monoisotopic (exact) mass is 409 g/mol. The van der Waals surface area contributed by atoms with E-state index in [1.807, 2.05) is 6.07 Å². The smallest absolute Gasteiger partial charge is 0.287 e. The van der Waals surface area contributed by atoms with Gasteiger partial charge in [0.1, 0.15) is 11.7 Å². The van der Waals surface area contributed by atoms with Crippen molar-refractivity contribution < 1.29 is 14.4 Å². The third-order valence-electron chi connectivity index (χ3n) is 4.37. The van der Waals surface area contributed by atoms with E-state index < -0.39 is 23.6 Å². The molecule has 1 atom stereocenters. The van der Waals surface area contributed by atoms with Crippen LogP contribution in [0.3, 0.4) is 0 Å². The number of carbonyl (C=O) groups excluding carboxylic acids is 3. The largest absolute Gasteiger partial charge is 0.363 e. The molecule has 0 saturated carbocycles. The predicted molar refractivity (Wildman–Crippen MR) is 105 cm³/mol. The van der Waals surface area contributed by atoms with Crippen LogP contribution in [0.15, 0.2) is 42.9 Å². The van der Waals surface area contributed by atoms with Gasteiger partial charge in [0.15, 0.2) is 5.69 Å². The molecule has 0 aromatic carbocycles. The summed E-state index contributed by atoms with van der Waals surface area (Å²) in [5, 5.41) is 2.57. The zero-order valence-corrected chi connectivity index (χ0v) is 15.7. The van der Waals surface area contributed by atoms with Crippen LogP contribution in [0, 0.1) is 0 Å². The summed E-state index contributed by atoms with van der Waals surface area (Å²) in [7, 11) is 0. The number of nitrogens with two attached hydrogens (primary N) is 1. The molecular weight excluding hydrogens is 394 g/mol. The molecule has 0 fully saturated rings. The van der Waals surface area contributed by atoms with Crippen LogP contribution < -0.4 is 11.1 Å². The minimum Gasteiger partial charge on any atom is -0.363 e. The molecule has 4 rings (SSSR count). The molecule has 146 valence electrons. The molecule has 0 aliphatic rings. The van der Waals surface area contributed by atoms with Crippen molar-refractivity contribution in [3.8, 4) is 11.4 Å². The number of carbonyl (C=O) groups is 3. The van der Waals surface area contributed by atoms with Gasteiger partial charge in [0.25, 0.3) is 11.8 Å². The highest BCUT2D eigenvalue weighted by molar-refractivity contribution is 6.99. The van der Waals surface area contributed by atoms with Gasteiger partial charge in [-0.3, -0.25) is 19.4 Å². The zero-order valence-electron chi connectivity index (χ0n) is 14.9. The van der Waals surface area contributed by atoms with Crippen LogP contribution in [0.4, 0.5) is 0 Å². The van der Waals surface area contributed by atoms with Crippen molar-refractivity contribution in [3.63, 3.8) is 0 Å². The Morgan fingerprint density at radius 1 is 1.17 bits per heavy atom. The number of aromatic nitrogens is 5. The van der Waals surface area contributed by atoms with Crippen LogP contribution in [0.2, 0.25) is 0 Å². The van der Waals surface area contributed by atoms with Gasteiger partial charge in [0.05, 0.1) is 28.5 Å². The van der Waals surface area contributed by atoms with Crippen molar-refractivity contribution in [2.45, 2.75) is 12.5 Å². The van der Waals surface area contributed by atoms with E-state index in [4.69, 9.17) is 5.73 Å². The van der Waals surface area contributed by atoms with Crippen LogP contribution in [0.25, 0.3) is 22.4 Å². The second kappa shape index (κ2) is 7.64. The Morgan fingerprint density at radius 2 is 2.03 bits per heavy atom. The number of aromatic amines is 2. The second-order valence-corrected chi connectivity index (χ2v) is 6.74. The topological polar surface area (TPSA) is 160 Å². The van der Waals surface area contributed by atoms with Crippen molar-refractivity contribution in [3.05, 3.63) is 54.1 Å². The van der Waals surface area contributed by atoms with Gasteiger partial charge in [-0.15, -0.1) is 0 Å². The van der Waals surface area contributed by atoms with Crippen molar-refractivity contribution in [1.29, 1.82) is 0 Å². The first-order chi connectivity index (χ1) is 14.0. The lowest BCUT2D eigenvalue weighted by atomic mass is 10.0. The molecule has 29 heavy (non-hydrogen) atoms. The molecule has 0 bridgehead atoms. The Bertz CT molecular complexity index is 1190. The summed E-state index contributed by atoms with van der Waals surface area (Å²) in [4.78, 5) is 47.0. The van der Waals surface area contributed by atoms with Crippen molar-refractivity contribution in [2.75, 3.05) is 0 Å². The van der Waals surface area contributed by atoms with Crippen molar-refractivity contribution in [1.82, 2.24) is 29.0 Å². The Morgan fingerprint density at radius 3 is 2.79 bits per heavy atom. The molecule has 10 nitrogen and oxygen atoms in total. The maximum atomic E-state index is 12.8. The van der Waals surface area contributed by atoms with E-state index in [-0.39, 0.29) is 12.1 Å². The quantitative estimate of drug-likeness (QED) is 0.330. The highest BCUT2D eigenvalue weighted by atomic mass is 32.1. The summed E-state index contributed by atoms with van der Waals surface area (Å²) in [5.41, 5.74) is 8.34. The van der Waals surface area contributed by atoms with Gasteiger partial charge < -0.3 is 21.0 Å². The molecule has 0 aliphatic carbocycles. The van der Waals surface area contributed by atoms with Gasteiger partial charge in [-0.1, -0.05) is 6.07 Å². The predicted octanol–water partition coefficient (Wildman–Crippen LogP) is 0.805. The van der Waals surface area contributed by atoms with Gasteiger partial charge in [-0.05, 0) is 23.8 Å². The maximum absolute atomic E-state index is 12.8. The summed E-state index contributed by atoms with van der Waals surface area (Å²) >= 11 is 0.852. The summed E-state index contributed by atoms with van der Waals surface area (Å²) in [6.07, 6.45) is 5.10. The lowest BCUT2D eigenvalue weighted by Crippen LogP contribution is -2.47. The number of primary amides is 1. The number of nitrogens with one attached hydrogen (secondary N) is 3. The lowest BCUT2D eigenvalue weighted by molar-refractivity contribution is -0.137. The molecule has 4 aromatic heterocycles. The van der Waals surface area contributed by atoms with E-state index in [2.05, 4.69) is 29.0 Å². The van der Waals surface area contributed by atoms with Crippen molar-refractivity contribution >= 4 is 40.4 Å². The standard InChI is InChI=1S/C18H15N7O3S/c19-17(27)16(26)12(7-9-8-22-11-4-6-21-13(9)11)23-18(28)15-14(24-29-25-15)10-3-1-2-5-20-10/h1-6,8,12,21-22H,7H2,(H2,19,27)(H,23,28). The summed E-state index contributed by atoms with van der Waals surface area (Å²) in [5.74, 6) is -2.67. The Balaban J connectivity index is 1.61. The zero-order chi connectivity index (χ0) is 20.4. The molecular formula is C18H15N7O3S. The van der Waals surface area contributed by atoms with Crippen LogP contribution in [-0.4, -0.2) is 47.3 Å². The molecule has 0 radical (unpaired) electrons. The average Bonchev–Trinajstić information content (AvgIpc) is 3.45. The number of hydrogen-bond donors (Lipinski definition) is 4. The van der Waals surface area contributed by atoms with E-state index in [1.165, 1.54) is 0 Å². The lowest BCUT2D eigenvalue weighted by Gasteiger charge is -2.15. The fourth-order valence-electron chi connectivity index (χ4n) is 2.99. The fourth-order valence-corrected chi connectivity index (χ4v) is 3.54. The molecule has 4 aromatic rings. The summed E-state index contributed by atoms with van der Waals surface area (Å²) < 4.78 is 8.15. The molecule has 0 aliphatic heterocycles. The second-order valence-electron chi connectivity index (χ2n) is 6.22. The SMILES string of the molecule is NC(=O)C(=O)C(Cc1c[nH]c2cc[nH]c12)NC(=O)c1nsnc1-c1ccccn1. The number of nitrogens with zero attached hydrogens (tertiary/aromatic N) is 3. The molecule has 4 heterocycles. The van der Waals surface area contributed by atoms with Crippen LogP contribution in [0.5, 0.6) is 0 Å². The number of amides is 2. The first-order valence-corrected chi connectivity index (χ1v) is 9.29. The number of ketones is 1. The van der Waals surface area contributed by atoms with Gasteiger partial charge in [0, 0.05) is 25.0 Å². The van der Waals surface area contributed by atoms with Gasteiger partial charge >= 0.3 is 0 Å². The summed E-state index contributed by atoms with van der Waals surface area (Å²) in [6.45, 7) is 0. The Labute approximate surface area is 167 Å². The molecule has 2 amide bonds. The van der Waals surface area contributed by atoms with Crippen LogP contribution >= 0.6 is 11.7 Å². The molecule has 0 spiro atoms. The molecule has 11 heteroatoms. The average molecular weight is 409 g/mol. The Kier molecular flexibility index (Phi) is 4.87. The molecule has 5 N–H and O–H groups in total. The molecule has 1 unspecified atom stereocenters. The van der Waals surface area contributed by atoms with E-state index in [1.54, 1.807) is 36.8 Å². The highest BCUT2D eigenvalue weighted by Gasteiger charge is 2.29. The van der Waals surface area contributed by atoms with E-state index >= 15 is 0 Å². The first kappa shape index (κ1) is 18.5. The number of hydrogen-bond acceptors (Lipinski definition) is 7. The number of Topliss-reactive ketones (excluding diaryl/α,β-unsaturated/α-hetero) is 1. The minimum atomic E-state index is -1.15. The molecule has 0 saturated heterocycles. The first-order valence-electron chi connectivity index (χ1n) is 8.56. The normalized spacial score (nSPS) is 12.0. The van der Waals surface area contributed by atoms with Gasteiger partial charge in [-0.25, -0.2) is 0 Å². The maximum Gasteiger partial charge on any atom is 0.287 e. The van der Waals surface area contributed by atoms with E-state index in [0.29, 0.717) is 11.4 Å². The number of H-pyrrole nitrogens is 2. The van der Waals surface area contributed by atoms with Crippen molar-refractivity contribution in [2.24, 2.45) is 5.73 Å². The minimum absolute atomic E-state index is 0.0232. The summed E-state index contributed by atoms with van der Waals surface area (Å²) in [6, 6.07) is 5.88. The fraction of sp³-hybridized carbons (Fsp3) is 0.111. The van der Waals surface area contributed by atoms with Gasteiger partial charge in [-0.2, -0.15) is 8.75 Å². The third-order valence-corrected chi connectivity index (χ3v) is 4.90. The third kappa shape index (κ3) is 3.62. The highest BCUT2D eigenvalue weighted by Crippen LogP contribution is 2.21. The number of fused-ring (bicyclic) bond motifs is 1. The van der Waals surface area contributed by atoms with E-state index in [0.717, 1.165) is 28.3 Å². The van der Waals surface area contributed by atoms with E-state index in [9.17, 15) is 14.4 Å².